The highest BCUT2D eigenvalue weighted by Gasteiger charge is 2.08. The van der Waals surface area contributed by atoms with E-state index >= 15 is 0 Å². The topological polar surface area (TPSA) is 131 Å². The highest BCUT2D eigenvalue weighted by atomic mass is 35.5. The average molecular weight is 501 g/mol. The summed E-state index contributed by atoms with van der Waals surface area (Å²) in [6, 6.07) is 19.2. The summed E-state index contributed by atoms with van der Waals surface area (Å²) in [5.41, 5.74) is 0. The highest BCUT2D eigenvalue weighted by Crippen LogP contribution is 2.25. The molecule has 0 N–H and O–H groups in total. The molecule has 0 aliphatic carbocycles. The van der Waals surface area contributed by atoms with Gasteiger partial charge in [-0.05, 0) is 68.3 Å². The van der Waals surface area contributed by atoms with Gasteiger partial charge in [0.1, 0.15) is 11.5 Å². The second-order valence-electron chi connectivity index (χ2n) is 6.34. The van der Waals surface area contributed by atoms with Gasteiger partial charge in [0.15, 0.2) is 23.9 Å². The fraction of sp³-hybridized carbons (Fsp3) is 0. The van der Waals surface area contributed by atoms with Crippen molar-refractivity contribution in [3.8, 4) is 23.0 Å². The molecule has 0 amide bonds. The zero-order valence-electron chi connectivity index (χ0n) is 17.1. The Hall–Kier alpha value is -4.28. The smallest absolute Gasteiger partial charge is 0.363 e. The predicted molar refractivity (Wildman–Crippen MR) is 125 cm³/mol. The summed E-state index contributed by atoms with van der Waals surface area (Å²) in [6.45, 7) is 0. The number of hydrogen-bond acceptors (Lipinski definition) is 8. The quantitative estimate of drug-likeness (QED) is 0.207. The minimum Gasteiger partial charge on any atom is -0.453 e. The Labute approximate surface area is 202 Å². The predicted octanol–water partition coefficient (Wildman–Crippen LogP) is 6.87. The maximum absolute atomic E-state index is 10.4. The molecule has 0 unspecified atom stereocenters. The molecule has 4 rings (SSSR count). The highest BCUT2D eigenvalue weighted by molar-refractivity contribution is 6.31. The molecule has 4 aromatic rings. The first-order valence-corrected chi connectivity index (χ1v) is 10.1. The van der Waals surface area contributed by atoms with Crippen LogP contribution in [0.1, 0.15) is 0 Å². The van der Waals surface area contributed by atoms with Crippen LogP contribution in [0, 0.1) is 20.2 Å². The van der Waals surface area contributed by atoms with E-state index < -0.39 is 9.85 Å². The van der Waals surface area contributed by atoms with Crippen molar-refractivity contribution in [1.82, 2.24) is 9.97 Å². The fourth-order valence-corrected chi connectivity index (χ4v) is 2.78. The number of nitrogens with zero attached hydrogens (tertiary/aromatic N) is 4. The molecule has 34 heavy (non-hydrogen) atoms. The molecular weight excluding hydrogens is 487 g/mol. The molecule has 0 saturated carbocycles. The molecule has 12 heteroatoms. The van der Waals surface area contributed by atoms with Gasteiger partial charge in [0.2, 0.25) is 0 Å². The Morgan fingerprint density at radius 2 is 1.03 bits per heavy atom. The lowest BCUT2D eigenvalue weighted by atomic mass is 10.3. The summed E-state index contributed by atoms with van der Waals surface area (Å²) >= 11 is 11.6. The van der Waals surface area contributed by atoms with E-state index in [0.717, 1.165) is 0 Å². The third-order valence-corrected chi connectivity index (χ3v) is 4.35. The van der Waals surface area contributed by atoms with Gasteiger partial charge in [0.25, 0.3) is 0 Å². The Morgan fingerprint density at radius 3 is 1.32 bits per heavy atom. The minimum atomic E-state index is -0.566. The lowest BCUT2D eigenvalue weighted by Gasteiger charge is -2.03. The monoisotopic (exact) mass is 500 g/mol. The molecule has 0 radical (unpaired) electrons. The summed E-state index contributed by atoms with van der Waals surface area (Å²) in [5, 5.41) is 21.9. The molecule has 2 aromatic carbocycles. The maximum atomic E-state index is 10.4. The van der Waals surface area contributed by atoms with Crippen LogP contribution in [0.25, 0.3) is 0 Å². The Morgan fingerprint density at radius 1 is 0.618 bits per heavy atom. The number of halogens is 2. The van der Waals surface area contributed by atoms with Crippen molar-refractivity contribution in [1.29, 1.82) is 0 Å². The van der Waals surface area contributed by atoms with Gasteiger partial charge >= 0.3 is 11.6 Å². The number of rotatable bonds is 6. The first kappa shape index (κ1) is 24.4. The van der Waals surface area contributed by atoms with Gasteiger partial charge in [-0.25, -0.2) is 0 Å². The molecule has 0 bridgehead atoms. The van der Waals surface area contributed by atoms with Crippen molar-refractivity contribution < 1.29 is 19.3 Å². The average Bonchev–Trinajstić information content (AvgIpc) is 2.80. The van der Waals surface area contributed by atoms with Gasteiger partial charge in [0.05, 0.1) is 0 Å². The van der Waals surface area contributed by atoms with E-state index in [9.17, 15) is 20.2 Å². The summed E-state index contributed by atoms with van der Waals surface area (Å²) in [4.78, 5) is 26.9. The van der Waals surface area contributed by atoms with E-state index in [-0.39, 0.29) is 11.6 Å². The largest absolute Gasteiger partial charge is 0.453 e. The third-order valence-electron chi connectivity index (χ3n) is 3.88. The molecule has 0 fully saturated rings. The summed E-state index contributed by atoms with van der Waals surface area (Å²) in [5.74, 6) is 1.49. The maximum Gasteiger partial charge on any atom is 0.363 e. The van der Waals surface area contributed by atoms with Crippen LogP contribution in [0.5, 0.6) is 23.0 Å². The van der Waals surface area contributed by atoms with Crippen LogP contribution in [0.2, 0.25) is 10.0 Å². The molecule has 0 atom stereocenters. The van der Waals surface area contributed by atoms with Crippen LogP contribution in [-0.2, 0) is 0 Å². The number of nitro groups is 2. The van der Waals surface area contributed by atoms with Gasteiger partial charge in [0, 0.05) is 22.2 Å². The van der Waals surface area contributed by atoms with E-state index in [2.05, 4.69) is 9.97 Å². The van der Waals surface area contributed by atoms with Crippen LogP contribution in [0.15, 0.2) is 85.2 Å². The van der Waals surface area contributed by atoms with Crippen LogP contribution < -0.4 is 9.47 Å². The number of pyridine rings is 2. The minimum absolute atomic E-state index is 0.219. The number of benzene rings is 2. The SMILES string of the molecule is O=[N+]([O-])c1ccc(Oc2cccc(Cl)c2)cn1.O=[N+]([O-])c1ccc(Oc2cccc(Cl)c2)cn1. The Bertz CT molecular complexity index is 1190. The molecule has 0 saturated heterocycles. The Balaban J connectivity index is 0.000000191. The third kappa shape index (κ3) is 7.40. The summed E-state index contributed by atoms with van der Waals surface area (Å²) in [6.07, 6.45) is 2.58. The van der Waals surface area contributed by atoms with Gasteiger partial charge in [-0.15, -0.1) is 0 Å². The molecule has 0 aliphatic heterocycles. The second kappa shape index (κ2) is 11.5. The zero-order chi connectivity index (χ0) is 24.5. The first-order chi connectivity index (χ1) is 16.3. The number of aromatic nitrogens is 2. The van der Waals surface area contributed by atoms with E-state index in [1.54, 1.807) is 48.5 Å². The van der Waals surface area contributed by atoms with Crippen LogP contribution in [0.4, 0.5) is 11.6 Å². The first-order valence-electron chi connectivity index (χ1n) is 9.38. The van der Waals surface area contributed by atoms with Crippen molar-refractivity contribution >= 4 is 34.8 Å². The van der Waals surface area contributed by atoms with Crippen molar-refractivity contribution in [3.05, 3.63) is 115 Å². The van der Waals surface area contributed by atoms with Crippen molar-refractivity contribution in [2.45, 2.75) is 0 Å². The normalized spacial score (nSPS) is 9.94. The van der Waals surface area contributed by atoms with Crippen LogP contribution in [-0.4, -0.2) is 19.8 Å². The van der Waals surface area contributed by atoms with Gasteiger partial charge in [-0.1, -0.05) is 35.3 Å². The van der Waals surface area contributed by atoms with Gasteiger partial charge in [-0.3, -0.25) is 0 Å². The molecule has 2 aromatic heterocycles. The number of hydrogen-bond donors (Lipinski definition) is 0. The van der Waals surface area contributed by atoms with Gasteiger partial charge < -0.3 is 29.7 Å². The van der Waals surface area contributed by atoms with E-state index in [1.807, 2.05) is 0 Å². The van der Waals surface area contributed by atoms with E-state index in [0.29, 0.717) is 33.0 Å². The molecule has 172 valence electrons. The molecule has 2 heterocycles. The lowest BCUT2D eigenvalue weighted by Crippen LogP contribution is -1.92. The zero-order valence-corrected chi connectivity index (χ0v) is 18.6. The van der Waals surface area contributed by atoms with Crippen molar-refractivity contribution in [2.75, 3.05) is 0 Å². The molecule has 10 nitrogen and oxygen atoms in total. The summed E-state index contributed by atoms with van der Waals surface area (Å²) in [7, 11) is 0. The lowest BCUT2D eigenvalue weighted by molar-refractivity contribution is -0.389. The van der Waals surface area contributed by atoms with Crippen molar-refractivity contribution in [3.63, 3.8) is 0 Å². The standard InChI is InChI=1S/2C11H7ClN2O3/c2*12-8-2-1-3-9(6-8)17-10-4-5-11(13-7-10)14(15)16/h2*1-7H. The molecule has 0 aliphatic rings. The van der Waals surface area contributed by atoms with Crippen LogP contribution in [0.3, 0.4) is 0 Å². The molecular formula is C22H14Cl2N4O6. The Kier molecular flexibility index (Phi) is 8.27. The summed E-state index contributed by atoms with van der Waals surface area (Å²) < 4.78 is 10.8. The fourth-order valence-electron chi connectivity index (χ4n) is 2.41. The van der Waals surface area contributed by atoms with E-state index in [1.165, 1.54) is 36.7 Å². The van der Waals surface area contributed by atoms with Crippen LogP contribution >= 0.6 is 23.2 Å². The van der Waals surface area contributed by atoms with E-state index in [4.69, 9.17) is 32.7 Å². The second-order valence-corrected chi connectivity index (χ2v) is 7.21. The molecule has 0 spiro atoms. The van der Waals surface area contributed by atoms with Gasteiger partial charge in [-0.2, -0.15) is 0 Å². The van der Waals surface area contributed by atoms with Crippen molar-refractivity contribution in [2.24, 2.45) is 0 Å². The number of ether oxygens (including phenoxy) is 2.